The Kier molecular flexibility index (Phi) is 5.73. The molecule has 1 aliphatic heterocycles. The zero-order valence-electron chi connectivity index (χ0n) is 20.1. The third kappa shape index (κ3) is 4.02. The highest BCUT2D eigenvalue weighted by Gasteiger charge is 2.29. The van der Waals surface area contributed by atoms with Crippen molar-refractivity contribution < 1.29 is 9.53 Å². The molecule has 0 aliphatic carbocycles. The smallest absolute Gasteiger partial charge is 0.257 e. The summed E-state index contributed by atoms with van der Waals surface area (Å²) in [6.45, 7) is 1.40. The van der Waals surface area contributed by atoms with Crippen LogP contribution in [0.4, 0.5) is 0 Å². The van der Waals surface area contributed by atoms with Crippen LogP contribution in [-0.4, -0.2) is 50.8 Å². The van der Waals surface area contributed by atoms with Crippen molar-refractivity contribution in [2.75, 3.05) is 20.2 Å². The predicted octanol–water partition coefficient (Wildman–Crippen LogP) is 5.44. The molecular formula is C29H27N5O2. The normalized spacial score (nSPS) is 14.3. The lowest BCUT2D eigenvalue weighted by atomic mass is 9.89. The van der Waals surface area contributed by atoms with Gasteiger partial charge in [0.2, 0.25) is 0 Å². The van der Waals surface area contributed by atoms with Gasteiger partial charge in [-0.05, 0) is 66.8 Å². The number of hydrogen-bond acceptors (Lipinski definition) is 4. The van der Waals surface area contributed by atoms with E-state index in [0.717, 1.165) is 35.4 Å². The molecule has 36 heavy (non-hydrogen) atoms. The highest BCUT2D eigenvalue weighted by atomic mass is 16.5. The molecule has 0 saturated carbocycles. The van der Waals surface area contributed by atoms with E-state index in [1.165, 1.54) is 10.9 Å². The van der Waals surface area contributed by atoms with E-state index < -0.39 is 0 Å². The van der Waals surface area contributed by atoms with E-state index in [0.29, 0.717) is 30.3 Å². The number of hydrogen-bond donors (Lipinski definition) is 1. The molecule has 7 nitrogen and oxygen atoms in total. The Morgan fingerprint density at radius 3 is 2.64 bits per heavy atom. The largest absolute Gasteiger partial charge is 0.497 e. The van der Waals surface area contributed by atoms with E-state index in [2.05, 4.69) is 28.3 Å². The lowest BCUT2D eigenvalue weighted by Gasteiger charge is -2.32. The van der Waals surface area contributed by atoms with E-state index in [1.54, 1.807) is 24.2 Å². The molecule has 2 aromatic carbocycles. The number of aromatic nitrogens is 4. The molecule has 0 unspecified atom stereocenters. The van der Waals surface area contributed by atoms with Gasteiger partial charge in [-0.25, -0.2) is 4.68 Å². The number of piperidine rings is 1. The van der Waals surface area contributed by atoms with Crippen LogP contribution < -0.4 is 4.74 Å². The van der Waals surface area contributed by atoms with Crippen LogP contribution in [0.15, 0.2) is 85.5 Å². The third-order valence-corrected chi connectivity index (χ3v) is 7.04. The highest BCUT2D eigenvalue weighted by Crippen LogP contribution is 2.35. The summed E-state index contributed by atoms with van der Waals surface area (Å²) in [5, 5.41) is 5.98. The summed E-state index contributed by atoms with van der Waals surface area (Å²) >= 11 is 0. The lowest BCUT2D eigenvalue weighted by Crippen LogP contribution is -2.38. The van der Waals surface area contributed by atoms with Crippen molar-refractivity contribution in [3.05, 3.63) is 96.6 Å². The SMILES string of the molecule is COc1ccc2[nH]cc(C3CCN(C(=O)c4cn(-c5ccccc5)nc4-c4cccnc4)CC3)c2c1. The second kappa shape index (κ2) is 9.34. The molecule has 1 N–H and O–H groups in total. The summed E-state index contributed by atoms with van der Waals surface area (Å²) < 4.78 is 7.21. The van der Waals surface area contributed by atoms with Crippen molar-refractivity contribution in [2.45, 2.75) is 18.8 Å². The van der Waals surface area contributed by atoms with Gasteiger partial charge in [0.1, 0.15) is 11.4 Å². The van der Waals surface area contributed by atoms with Crippen molar-refractivity contribution in [3.8, 4) is 22.7 Å². The van der Waals surface area contributed by atoms with Gasteiger partial charge in [0.25, 0.3) is 5.91 Å². The van der Waals surface area contributed by atoms with Crippen LogP contribution >= 0.6 is 0 Å². The monoisotopic (exact) mass is 477 g/mol. The summed E-state index contributed by atoms with van der Waals surface area (Å²) in [7, 11) is 1.69. The van der Waals surface area contributed by atoms with Gasteiger partial charge in [-0.3, -0.25) is 9.78 Å². The van der Waals surface area contributed by atoms with Gasteiger partial charge in [0.15, 0.2) is 0 Å². The predicted molar refractivity (Wildman–Crippen MR) is 140 cm³/mol. The molecule has 3 aromatic heterocycles. The topological polar surface area (TPSA) is 76.0 Å². The molecule has 1 amide bonds. The first kappa shape index (κ1) is 22.1. The average Bonchev–Trinajstić information content (AvgIpc) is 3.58. The minimum atomic E-state index is 0.00933. The lowest BCUT2D eigenvalue weighted by molar-refractivity contribution is 0.0714. The molecule has 1 aliphatic rings. The summed E-state index contributed by atoms with van der Waals surface area (Å²) in [5.41, 5.74) is 5.40. The number of nitrogens with zero attached hydrogens (tertiary/aromatic N) is 4. The van der Waals surface area contributed by atoms with Crippen LogP contribution in [0.5, 0.6) is 5.75 Å². The number of likely N-dealkylation sites (tertiary alicyclic amines) is 1. The maximum atomic E-state index is 13.8. The van der Waals surface area contributed by atoms with Crippen molar-refractivity contribution >= 4 is 16.8 Å². The van der Waals surface area contributed by atoms with Gasteiger partial charge in [-0.1, -0.05) is 18.2 Å². The van der Waals surface area contributed by atoms with Gasteiger partial charge in [-0.15, -0.1) is 0 Å². The molecule has 7 heteroatoms. The molecule has 180 valence electrons. The Hall–Kier alpha value is -4.39. The molecule has 0 atom stereocenters. The zero-order valence-corrected chi connectivity index (χ0v) is 20.1. The van der Waals surface area contributed by atoms with Crippen LogP contribution in [0.3, 0.4) is 0 Å². The molecule has 0 radical (unpaired) electrons. The molecule has 6 rings (SSSR count). The summed E-state index contributed by atoms with van der Waals surface area (Å²) in [5.74, 6) is 1.25. The van der Waals surface area contributed by atoms with Gasteiger partial charge < -0.3 is 14.6 Å². The van der Waals surface area contributed by atoms with E-state index >= 15 is 0 Å². The minimum Gasteiger partial charge on any atom is -0.497 e. The van der Waals surface area contributed by atoms with E-state index in [9.17, 15) is 4.79 Å². The number of nitrogens with one attached hydrogen (secondary N) is 1. The maximum Gasteiger partial charge on any atom is 0.257 e. The number of para-hydroxylation sites is 1. The number of fused-ring (bicyclic) bond motifs is 1. The Labute approximate surface area is 209 Å². The number of ether oxygens (including phenoxy) is 1. The summed E-state index contributed by atoms with van der Waals surface area (Å²) in [4.78, 5) is 23.3. The number of rotatable bonds is 5. The van der Waals surface area contributed by atoms with Gasteiger partial charge in [-0.2, -0.15) is 5.10 Å². The number of pyridine rings is 1. The van der Waals surface area contributed by atoms with Crippen molar-refractivity contribution in [1.29, 1.82) is 0 Å². The van der Waals surface area contributed by atoms with Crippen molar-refractivity contribution in [1.82, 2.24) is 24.6 Å². The van der Waals surface area contributed by atoms with E-state index in [1.807, 2.05) is 59.6 Å². The van der Waals surface area contributed by atoms with Crippen molar-refractivity contribution in [2.24, 2.45) is 0 Å². The Balaban J connectivity index is 1.26. The number of carbonyl (C=O) groups is 1. The Morgan fingerprint density at radius 2 is 1.89 bits per heavy atom. The van der Waals surface area contributed by atoms with Gasteiger partial charge in [0.05, 0.1) is 18.4 Å². The highest BCUT2D eigenvalue weighted by molar-refractivity contribution is 6.00. The summed E-state index contributed by atoms with van der Waals surface area (Å²) in [6, 6.07) is 19.8. The van der Waals surface area contributed by atoms with Crippen LogP contribution in [0.1, 0.15) is 34.7 Å². The van der Waals surface area contributed by atoms with Crippen LogP contribution in [0.25, 0.3) is 27.8 Å². The molecule has 0 bridgehead atoms. The first-order valence-corrected chi connectivity index (χ1v) is 12.2. The number of benzene rings is 2. The number of amides is 1. The molecule has 0 spiro atoms. The van der Waals surface area contributed by atoms with Crippen molar-refractivity contribution in [3.63, 3.8) is 0 Å². The number of aromatic amines is 1. The maximum absolute atomic E-state index is 13.8. The quantitative estimate of drug-likeness (QED) is 0.366. The zero-order chi connectivity index (χ0) is 24.5. The first-order valence-electron chi connectivity index (χ1n) is 12.2. The number of H-pyrrole nitrogens is 1. The van der Waals surface area contributed by atoms with Crippen LogP contribution in [-0.2, 0) is 0 Å². The third-order valence-electron chi connectivity index (χ3n) is 7.04. The first-order chi connectivity index (χ1) is 17.7. The molecule has 5 aromatic rings. The number of methoxy groups -OCH3 is 1. The van der Waals surface area contributed by atoms with E-state index in [4.69, 9.17) is 9.84 Å². The molecular weight excluding hydrogens is 450 g/mol. The van der Waals surface area contributed by atoms with Crippen LogP contribution in [0, 0.1) is 0 Å². The Bertz CT molecular complexity index is 1500. The molecule has 4 heterocycles. The second-order valence-electron chi connectivity index (χ2n) is 9.14. The standard InChI is InChI=1S/C29H27N5O2/c1-36-23-9-10-27-24(16-23)25(18-31-27)20-11-14-33(15-12-20)29(35)26-19-34(22-7-3-2-4-8-22)32-28(26)21-6-5-13-30-17-21/h2-10,13,16-20,31H,11-12,14-15H2,1H3. The Morgan fingerprint density at radius 1 is 1.06 bits per heavy atom. The fourth-order valence-electron chi connectivity index (χ4n) is 5.11. The summed E-state index contributed by atoms with van der Waals surface area (Å²) in [6.07, 6.45) is 9.25. The molecule has 1 fully saturated rings. The fourth-order valence-corrected chi connectivity index (χ4v) is 5.11. The average molecular weight is 478 g/mol. The minimum absolute atomic E-state index is 0.00933. The van der Waals surface area contributed by atoms with Gasteiger partial charge in [0, 0.05) is 54.3 Å². The van der Waals surface area contributed by atoms with E-state index in [-0.39, 0.29) is 5.91 Å². The van der Waals surface area contributed by atoms with Crippen LogP contribution in [0.2, 0.25) is 0 Å². The van der Waals surface area contributed by atoms with Gasteiger partial charge >= 0.3 is 0 Å². The fraction of sp³-hybridized carbons (Fsp3) is 0.207. The number of carbonyl (C=O) groups excluding carboxylic acids is 1. The second-order valence-corrected chi connectivity index (χ2v) is 9.14. The molecule has 1 saturated heterocycles.